The highest BCUT2D eigenvalue weighted by Crippen LogP contribution is 2.32. The number of rotatable bonds is 2. The van der Waals surface area contributed by atoms with Crippen molar-refractivity contribution in [2.75, 3.05) is 0 Å². The summed E-state index contributed by atoms with van der Waals surface area (Å²) in [4.78, 5) is 20.1. The van der Waals surface area contributed by atoms with Gasteiger partial charge in [0.2, 0.25) is 11.9 Å². The van der Waals surface area contributed by atoms with Gasteiger partial charge < -0.3 is 8.83 Å². The highest BCUT2D eigenvalue weighted by Gasteiger charge is 2.31. The van der Waals surface area contributed by atoms with Crippen LogP contribution in [0, 0.1) is 0 Å². The Morgan fingerprint density at radius 3 is 2.26 bits per heavy atom. The fraction of sp³-hybridized carbons (Fsp3) is 0. The predicted octanol–water partition coefficient (Wildman–Crippen LogP) is 4.98. The van der Waals surface area contributed by atoms with Gasteiger partial charge in [-0.25, -0.2) is 24.9 Å². The Morgan fingerprint density at radius 2 is 1.45 bits per heavy atom. The number of benzene rings is 2. The van der Waals surface area contributed by atoms with Gasteiger partial charge >= 0.3 is 0 Å². The van der Waals surface area contributed by atoms with Gasteiger partial charge in [-0.1, -0.05) is 24.3 Å². The highest BCUT2D eigenvalue weighted by atomic mass is 16.3. The zero-order chi connectivity index (χ0) is 20.4. The Bertz CT molecular complexity index is 1520. The fourth-order valence-electron chi connectivity index (χ4n) is 3.98. The van der Waals surface area contributed by atoms with Crippen molar-refractivity contribution in [3.8, 4) is 0 Å². The first-order valence-corrected chi connectivity index (χ1v) is 9.78. The second-order valence-electron chi connectivity index (χ2n) is 7.36. The van der Waals surface area contributed by atoms with E-state index in [0.717, 1.165) is 50.2 Å². The molecule has 0 saturated carbocycles. The van der Waals surface area contributed by atoms with Gasteiger partial charge in [-0.15, -0.1) is 0 Å². The third-order valence-electron chi connectivity index (χ3n) is 5.52. The first-order valence-electron chi connectivity index (χ1n) is 9.78. The van der Waals surface area contributed by atoms with Gasteiger partial charge in [-0.2, -0.15) is 0 Å². The van der Waals surface area contributed by atoms with Gasteiger partial charge in [0.15, 0.2) is 0 Å². The molecule has 5 heterocycles. The number of hydrogen-bond donors (Lipinski definition) is 0. The minimum Gasteiger partial charge on any atom is -0.464 e. The number of aliphatic imine (C=N–C) groups is 4. The third-order valence-corrected chi connectivity index (χ3v) is 5.52. The van der Waals surface area contributed by atoms with E-state index in [1.807, 2.05) is 65.6 Å². The fourth-order valence-corrected chi connectivity index (χ4v) is 3.98. The summed E-state index contributed by atoms with van der Waals surface area (Å²) in [6.07, 6.45) is 8.90. The third kappa shape index (κ3) is 2.47. The second-order valence-corrected chi connectivity index (χ2v) is 7.36. The van der Waals surface area contributed by atoms with Crippen molar-refractivity contribution in [2.24, 2.45) is 20.0 Å². The normalized spacial score (nSPS) is 17.2. The van der Waals surface area contributed by atoms with Crippen LogP contribution in [-0.4, -0.2) is 28.9 Å². The molecular formula is C24H13N5O2. The first kappa shape index (κ1) is 16.3. The molecule has 2 aromatic heterocycles. The molecular weight excluding hydrogens is 390 g/mol. The summed E-state index contributed by atoms with van der Waals surface area (Å²) in [7, 11) is 0. The molecule has 0 fully saturated rings. The van der Waals surface area contributed by atoms with E-state index in [1.165, 1.54) is 6.34 Å². The maximum Gasteiger partial charge on any atom is 0.239 e. The number of guanidine groups is 2. The molecule has 0 spiro atoms. The van der Waals surface area contributed by atoms with Crippen molar-refractivity contribution in [3.63, 3.8) is 0 Å². The maximum atomic E-state index is 5.56. The molecule has 0 unspecified atom stereocenters. The summed E-state index contributed by atoms with van der Waals surface area (Å²) in [6, 6.07) is 16.0. The van der Waals surface area contributed by atoms with Crippen LogP contribution < -0.4 is 0 Å². The zero-order valence-electron chi connectivity index (χ0n) is 16.1. The van der Waals surface area contributed by atoms with Gasteiger partial charge in [-0.05, 0) is 36.4 Å². The molecule has 31 heavy (non-hydrogen) atoms. The quantitative estimate of drug-likeness (QED) is 0.474. The van der Waals surface area contributed by atoms with E-state index in [9.17, 15) is 0 Å². The number of fused-ring (bicyclic) bond motifs is 2. The van der Waals surface area contributed by atoms with E-state index in [1.54, 1.807) is 12.5 Å². The van der Waals surface area contributed by atoms with Crippen LogP contribution in [0.25, 0.3) is 27.6 Å². The zero-order valence-corrected chi connectivity index (χ0v) is 16.1. The molecule has 0 atom stereocenters. The van der Waals surface area contributed by atoms with Gasteiger partial charge in [0.05, 0.1) is 29.6 Å². The molecule has 0 aliphatic carbocycles. The summed E-state index contributed by atoms with van der Waals surface area (Å²) >= 11 is 0. The summed E-state index contributed by atoms with van der Waals surface area (Å²) in [5, 5.41) is 2.11. The van der Waals surface area contributed by atoms with Crippen LogP contribution in [0.3, 0.4) is 0 Å². The Kier molecular flexibility index (Phi) is 3.15. The lowest BCUT2D eigenvalue weighted by molar-refractivity contribution is 0.615. The minimum absolute atomic E-state index is 0.539. The number of nitrogens with zero attached hydrogens (tertiary/aromatic N) is 5. The van der Waals surface area contributed by atoms with Crippen LogP contribution in [0.2, 0.25) is 0 Å². The van der Waals surface area contributed by atoms with Crippen molar-refractivity contribution < 1.29 is 8.83 Å². The van der Waals surface area contributed by atoms with Crippen LogP contribution in [0.1, 0.15) is 11.1 Å². The molecule has 0 bridgehead atoms. The van der Waals surface area contributed by atoms with E-state index in [0.29, 0.717) is 11.9 Å². The van der Waals surface area contributed by atoms with Crippen LogP contribution in [-0.2, 0) is 0 Å². The maximum absolute atomic E-state index is 5.56. The van der Waals surface area contributed by atoms with Crippen molar-refractivity contribution in [1.82, 2.24) is 4.90 Å². The summed E-state index contributed by atoms with van der Waals surface area (Å²) in [5.74, 6) is 1.08. The number of furan rings is 2. The first-order chi connectivity index (χ1) is 15.3. The number of hydrogen-bond acceptors (Lipinski definition) is 7. The Balaban J connectivity index is 1.38. The van der Waals surface area contributed by atoms with Crippen molar-refractivity contribution in [2.45, 2.75) is 0 Å². The molecule has 2 aromatic carbocycles. The van der Waals surface area contributed by atoms with E-state index in [-0.39, 0.29) is 0 Å². The Morgan fingerprint density at radius 1 is 0.710 bits per heavy atom. The molecule has 0 N–H and O–H groups in total. The molecule has 3 aliphatic heterocycles. The minimum atomic E-state index is 0.539. The average Bonchev–Trinajstić information content (AvgIpc) is 3.47. The molecule has 0 saturated heterocycles. The smallest absolute Gasteiger partial charge is 0.239 e. The summed E-state index contributed by atoms with van der Waals surface area (Å²) < 4.78 is 11.1. The lowest BCUT2D eigenvalue weighted by atomic mass is 10.0. The van der Waals surface area contributed by atoms with Crippen molar-refractivity contribution in [3.05, 3.63) is 90.0 Å². The van der Waals surface area contributed by atoms with Gasteiger partial charge in [0.1, 0.15) is 17.5 Å². The van der Waals surface area contributed by atoms with Crippen LogP contribution in [0.5, 0.6) is 0 Å². The lowest BCUT2D eigenvalue weighted by Gasteiger charge is -2.31. The average molecular weight is 403 g/mol. The largest absolute Gasteiger partial charge is 0.464 e. The van der Waals surface area contributed by atoms with Crippen LogP contribution in [0.4, 0.5) is 0 Å². The van der Waals surface area contributed by atoms with Gasteiger partial charge in [0, 0.05) is 21.9 Å². The number of allylic oxidation sites excluding steroid dienone is 2. The summed E-state index contributed by atoms with van der Waals surface area (Å²) in [5.41, 5.74) is 6.06. The standard InChI is InChI=1S/C24H13N5O2/c1-3-16(9-21-14(1)5-7-30-21)19-11-18-12-20(17-4-2-15-6-8-31-22(15)10-17)28-24-26-13-25-23(27-19)29(18)24/h1-13H. The molecule has 3 aliphatic rings. The van der Waals surface area contributed by atoms with Crippen molar-refractivity contribution >= 4 is 51.6 Å². The van der Waals surface area contributed by atoms with E-state index in [2.05, 4.69) is 9.98 Å². The Labute approximate surface area is 175 Å². The predicted molar refractivity (Wildman–Crippen MR) is 120 cm³/mol. The lowest BCUT2D eigenvalue weighted by Crippen LogP contribution is -2.40. The van der Waals surface area contributed by atoms with Crippen molar-refractivity contribution in [1.29, 1.82) is 0 Å². The second kappa shape index (κ2) is 5.99. The molecule has 0 amide bonds. The van der Waals surface area contributed by atoms with Crippen LogP contribution in [0.15, 0.2) is 108 Å². The van der Waals surface area contributed by atoms with E-state index >= 15 is 0 Å². The topological polar surface area (TPSA) is 79.0 Å². The SMILES string of the molecule is C1=NC2=NC(c3ccc4ccoc4c3)=CC3=CC(c4ccc5ccoc5c4)=NC(=N1)N32. The molecule has 0 radical (unpaired) electrons. The molecule has 4 aromatic rings. The van der Waals surface area contributed by atoms with Gasteiger partial charge in [-0.3, -0.25) is 0 Å². The Hall–Kier alpha value is -4.52. The van der Waals surface area contributed by atoms with Crippen LogP contribution >= 0.6 is 0 Å². The molecule has 7 nitrogen and oxygen atoms in total. The summed E-state index contributed by atoms with van der Waals surface area (Å²) in [6.45, 7) is 0. The molecule has 7 heteroatoms. The molecule has 7 rings (SSSR count). The molecule has 146 valence electrons. The van der Waals surface area contributed by atoms with E-state index in [4.69, 9.17) is 18.8 Å². The highest BCUT2D eigenvalue weighted by molar-refractivity contribution is 6.22. The van der Waals surface area contributed by atoms with Gasteiger partial charge in [0.25, 0.3) is 0 Å². The van der Waals surface area contributed by atoms with E-state index < -0.39 is 0 Å². The monoisotopic (exact) mass is 403 g/mol.